The fraction of sp³-hybridized carbons (Fsp3) is 0.682. The van der Waals surface area contributed by atoms with E-state index in [1.807, 2.05) is 43.6 Å². The van der Waals surface area contributed by atoms with Crippen molar-refractivity contribution in [2.75, 3.05) is 50.8 Å². The molecule has 2 saturated heterocycles. The molecule has 10 heteroatoms. The average molecular weight is 460 g/mol. The Labute approximate surface area is 187 Å². The van der Waals surface area contributed by atoms with Crippen LogP contribution in [0.2, 0.25) is 0 Å². The molecule has 0 spiro atoms. The quantitative estimate of drug-likeness (QED) is 0.682. The second-order valence-electron chi connectivity index (χ2n) is 9.20. The van der Waals surface area contributed by atoms with Gasteiger partial charge in [0.25, 0.3) is 0 Å². The number of halogens is 3. The van der Waals surface area contributed by atoms with Crippen LogP contribution in [0.5, 0.6) is 5.75 Å². The van der Waals surface area contributed by atoms with Gasteiger partial charge in [-0.05, 0) is 33.8 Å². The van der Waals surface area contributed by atoms with E-state index in [1.54, 1.807) is 11.0 Å². The van der Waals surface area contributed by atoms with Crippen LogP contribution in [-0.2, 0) is 16.0 Å². The SMILES string of the molecule is C[C@H]1CN(Cc2ccc(N3CCOCC3)cc2OC(F)(F)F)CCN1C(=O)OC(C)(C)C. The largest absolute Gasteiger partial charge is 0.573 e. The van der Waals surface area contributed by atoms with Crippen molar-refractivity contribution in [1.82, 2.24) is 9.80 Å². The van der Waals surface area contributed by atoms with Gasteiger partial charge in [0.05, 0.1) is 13.2 Å². The Bertz CT molecular complexity index is 792. The van der Waals surface area contributed by atoms with E-state index < -0.39 is 12.0 Å². The average Bonchev–Trinajstić information content (AvgIpc) is 2.67. The van der Waals surface area contributed by atoms with Crippen molar-refractivity contribution >= 4 is 11.8 Å². The highest BCUT2D eigenvalue weighted by molar-refractivity contribution is 5.68. The number of ether oxygens (including phenoxy) is 3. The molecule has 2 aliphatic rings. The minimum Gasteiger partial charge on any atom is -0.444 e. The topological polar surface area (TPSA) is 54.5 Å². The van der Waals surface area contributed by atoms with Gasteiger partial charge in [0, 0.05) is 62.6 Å². The molecule has 1 aromatic rings. The summed E-state index contributed by atoms with van der Waals surface area (Å²) in [7, 11) is 0. The standard InChI is InChI=1S/C22H32F3N3O4/c1-16-14-26(7-8-28(16)20(29)32-21(2,3)4)15-17-5-6-18(27-9-11-30-12-10-27)13-19(17)31-22(23,24)25/h5-6,13,16H,7-12,14-15H2,1-4H3/t16-/m0/s1. The number of morpholine rings is 1. The number of anilines is 1. The number of carbonyl (C=O) groups excluding carboxylic acids is 1. The van der Waals surface area contributed by atoms with Crippen molar-refractivity contribution < 1.29 is 32.2 Å². The fourth-order valence-electron chi connectivity index (χ4n) is 3.92. The zero-order valence-corrected chi connectivity index (χ0v) is 19.1. The Hall–Kier alpha value is -2.20. The third kappa shape index (κ3) is 6.90. The third-order valence-electron chi connectivity index (χ3n) is 5.39. The molecular formula is C22H32F3N3O4. The van der Waals surface area contributed by atoms with Crippen molar-refractivity contribution in [2.45, 2.75) is 52.2 Å². The molecular weight excluding hydrogens is 427 g/mol. The molecule has 1 aromatic carbocycles. The highest BCUT2D eigenvalue weighted by Gasteiger charge is 2.34. The van der Waals surface area contributed by atoms with Gasteiger partial charge in [-0.15, -0.1) is 13.2 Å². The molecule has 0 aromatic heterocycles. The minimum absolute atomic E-state index is 0.127. The Morgan fingerprint density at radius 2 is 1.81 bits per heavy atom. The first kappa shape index (κ1) is 24.4. The summed E-state index contributed by atoms with van der Waals surface area (Å²) < 4.78 is 54.4. The van der Waals surface area contributed by atoms with Crippen LogP contribution >= 0.6 is 0 Å². The number of amides is 1. The second-order valence-corrected chi connectivity index (χ2v) is 9.20. The fourth-order valence-corrected chi connectivity index (χ4v) is 3.92. The molecule has 2 fully saturated rings. The van der Waals surface area contributed by atoms with Crippen LogP contribution in [0.1, 0.15) is 33.3 Å². The summed E-state index contributed by atoms with van der Waals surface area (Å²) in [5.74, 6) is -0.191. The predicted octanol–water partition coefficient (Wildman–Crippen LogP) is 3.86. The van der Waals surface area contributed by atoms with Gasteiger partial charge in [-0.25, -0.2) is 4.79 Å². The number of carbonyl (C=O) groups is 1. The number of nitrogens with zero attached hydrogens (tertiary/aromatic N) is 3. The first-order valence-electron chi connectivity index (χ1n) is 10.8. The van der Waals surface area contributed by atoms with Crippen molar-refractivity contribution in [1.29, 1.82) is 0 Å². The summed E-state index contributed by atoms with van der Waals surface area (Å²) in [6, 6.07) is 4.84. The van der Waals surface area contributed by atoms with Gasteiger partial charge in [-0.3, -0.25) is 4.90 Å². The third-order valence-corrected chi connectivity index (χ3v) is 5.39. The van der Waals surface area contributed by atoms with Crippen molar-refractivity contribution in [2.24, 2.45) is 0 Å². The first-order chi connectivity index (χ1) is 14.9. The maximum atomic E-state index is 13.1. The molecule has 180 valence electrons. The number of rotatable bonds is 4. The van der Waals surface area contributed by atoms with Gasteiger partial charge in [-0.2, -0.15) is 0 Å². The van der Waals surface area contributed by atoms with Crippen LogP contribution in [0.3, 0.4) is 0 Å². The summed E-state index contributed by atoms with van der Waals surface area (Å²) in [5, 5.41) is 0. The molecule has 0 bridgehead atoms. The molecule has 0 aliphatic carbocycles. The van der Waals surface area contributed by atoms with E-state index in [-0.39, 0.29) is 17.9 Å². The van der Waals surface area contributed by atoms with Crippen molar-refractivity contribution in [3.05, 3.63) is 23.8 Å². The molecule has 32 heavy (non-hydrogen) atoms. The van der Waals surface area contributed by atoms with Crippen LogP contribution < -0.4 is 9.64 Å². The molecule has 0 radical (unpaired) electrons. The molecule has 1 atom stereocenters. The second kappa shape index (κ2) is 9.74. The van der Waals surface area contributed by atoms with Crippen LogP contribution in [0.4, 0.5) is 23.7 Å². The zero-order chi connectivity index (χ0) is 23.5. The summed E-state index contributed by atoms with van der Waals surface area (Å²) >= 11 is 0. The molecule has 0 N–H and O–H groups in total. The molecule has 3 rings (SSSR count). The molecule has 7 nitrogen and oxygen atoms in total. The Balaban J connectivity index is 1.70. The maximum absolute atomic E-state index is 13.1. The maximum Gasteiger partial charge on any atom is 0.573 e. The molecule has 0 saturated carbocycles. The monoisotopic (exact) mass is 459 g/mol. The smallest absolute Gasteiger partial charge is 0.444 e. The zero-order valence-electron chi connectivity index (χ0n) is 19.1. The highest BCUT2D eigenvalue weighted by atomic mass is 19.4. The predicted molar refractivity (Wildman–Crippen MR) is 114 cm³/mol. The van der Waals surface area contributed by atoms with Gasteiger partial charge in [0.15, 0.2) is 0 Å². The molecule has 0 unspecified atom stereocenters. The van der Waals surface area contributed by atoms with Gasteiger partial charge >= 0.3 is 12.5 Å². The first-order valence-corrected chi connectivity index (χ1v) is 10.8. The van der Waals surface area contributed by atoms with Crippen molar-refractivity contribution in [3.63, 3.8) is 0 Å². The summed E-state index contributed by atoms with van der Waals surface area (Å²) in [6.07, 6.45) is -5.15. The van der Waals surface area contributed by atoms with Crippen LogP contribution in [-0.4, -0.2) is 79.8 Å². The molecule has 2 aliphatic heterocycles. The molecule has 1 amide bonds. The van der Waals surface area contributed by atoms with Gasteiger partial charge in [0.1, 0.15) is 11.4 Å². The van der Waals surface area contributed by atoms with Crippen LogP contribution in [0, 0.1) is 0 Å². The number of hydrogen-bond donors (Lipinski definition) is 0. The number of piperazine rings is 1. The number of alkyl halides is 3. The summed E-state index contributed by atoms with van der Waals surface area (Å²) in [4.78, 5) is 18.1. The van der Waals surface area contributed by atoms with Crippen molar-refractivity contribution in [3.8, 4) is 5.75 Å². The highest BCUT2D eigenvalue weighted by Crippen LogP contribution is 2.32. The van der Waals surface area contributed by atoms with E-state index in [9.17, 15) is 18.0 Å². The normalized spacial score (nSPS) is 20.9. The lowest BCUT2D eigenvalue weighted by molar-refractivity contribution is -0.275. The lowest BCUT2D eigenvalue weighted by Crippen LogP contribution is -2.54. The lowest BCUT2D eigenvalue weighted by atomic mass is 10.1. The van der Waals surface area contributed by atoms with E-state index >= 15 is 0 Å². The minimum atomic E-state index is -4.78. The number of benzene rings is 1. The number of hydrogen-bond acceptors (Lipinski definition) is 6. The van der Waals surface area contributed by atoms with Gasteiger partial charge in [-0.1, -0.05) is 6.07 Å². The van der Waals surface area contributed by atoms with Crippen LogP contribution in [0.15, 0.2) is 18.2 Å². The Morgan fingerprint density at radius 3 is 2.41 bits per heavy atom. The van der Waals surface area contributed by atoms with E-state index in [0.717, 1.165) is 0 Å². The van der Waals surface area contributed by atoms with E-state index in [1.165, 1.54) is 6.07 Å². The summed E-state index contributed by atoms with van der Waals surface area (Å²) in [5.41, 5.74) is 0.552. The molecule has 2 heterocycles. The van der Waals surface area contributed by atoms with E-state index in [4.69, 9.17) is 9.47 Å². The van der Waals surface area contributed by atoms with E-state index in [2.05, 4.69) is 4.74 Å². The summed E-state index contributed by atoms with van der Waals surface area (Å²) in [6.45, 7) is 11.5. The Morgan fingerprint density at radius 1 is 1.12 bits per heavy atom. The van der Waals surface area contributed by atoms with E-state index in [0.29, 0.717) is 63.7 Å². The Kier molecular flexibility index (Phi) is 7.44. The lowest BCUT2D eigenvalue weighted by Gasteiger charge is -2.40. The van der Waals surface area contributed by atoms with Gasteiger partial charge < -0.3 is 24.0 Å². The van der Waals surface area contributed by atoms with Gasteiger partial charge in [0.2, 0.25) is 0 Å². The van der Waals surface area contributed by atoms with Crippen LogP contribution in [0.25, 0.3) is 0 Å².